The third kappa shape index (κ3) is 0.866. The van der Waals surface area contributed by atoms with Gasteiger partial charge >= 0.3 is 0 Å². The number of hydrogen-bond donors (Lipinski definition) is 0. The Kier molecular flexibility index (Phi) is 1.36. The Bertz CT molecular complexity index is 509. The lowest BCUT2D eigenvalue weighted by Crippen LogP contribution is -2.27. The van der Waals surface area contributed by atoms with Crippen molar-refractivity contribution in [3.63, 3.8) is 0 Å². The first-order chi connectivity index (χ1) is 7.19. The van der Waals surface area contributed by atoms with Gasteiger partial charge < -0.3 is 4.90 Å². The van der Waals surface area contributed by atoms with E-state index in [1.165, 1.54) is 0 Å². The summed E-state index contributed by atoms with van der Waals surface area (Å²) in [5.74, 6) is 0.188. The third-order valence-electron chi connectivity index (χ3n) is 3.47. The maximum atomic E-state index is 12.0. The summed E-state index contributed by atoms with van der Waals surface area (Å²) in [6.07, 6.45) is 1.86. The van der Waals surface area contributed by atoms with Crippen molar-refractivity contribution in [2.75, 3.05) is 11.9 Å². The van der Waals surface area contributed by atoms with E-state index in [4.69, 9.17) is 5.26 Å². The molecule has 3 rings (SSSR count). The summed E-state index contributed by atoms with van der Waals surface area (Å²) in [5, 5.41) is 8.84. The minimum absolute atomic E-state index is 0.188. The number of carbonyl (C=O) groups excluding carboxylic acids is 1. The van der Waals surface area contributed by atoms with Crippen molar-refractivity contribution < 1.29 is 4.79 Å². The van der Waals surface area contributed by atoms with Crippen LogP contribution in [0.3, 0.4) is 0 Å². The van der Waals surface area contributed by atoms with Crippen LogP contribution in [-0.4, -0.2) is 13.0 Å². The summed E-state index contributed by atoms with van der Waals surface area (Å²) >= 11 is 0. The van der Waals surface area contributed by atoms with Gasteiger partial charge in [0, 0.05) is 12.7 Å². The van der Waals surface area contributed by atoms with E-state index < -0.39 is 0 Å². The van der Waals surface area contributed by atoms with Crippen LogP contribution < -0.4 is 4.90 Å². The van der Waals surface area contributed by atoms with E-state index in [0.29, 0.717) is 5.56 Å². The lowest BCUT2D eigenvalue weighted by Gasteiger charge is -2.09. The molecule has 1 spiro atoms. The second-order valence-corrected chi connectivity index (χ2v) is 4.29. The van der Waals surface area contributed by atoms with Crippen LogP contribution in [0.15, 0.2) is 18.2 Å². The van der Waals surface area contributed by atoms with Crippen molar-refractivity contribution in [3.05, 3.63) is 29.3 Å². The number of carbonyl (C=O) groups is 1. The number of anilines is 1. The molecule has 0 radical (unpaired) electrons. The van der Waals surface area contributed by atoms with Crippen LogP contribution >= 0.6 is 0 Å². The largest absolute Gasteiger partial charge is 0.314 e. The summed E-state index contributed by atoms with van der Waals surface area (Å²) in [7, 11) is 1.81. The molecule has 0 aromatic heterocycles. The van der Waals surface area contributed by atoms with Crippen molar-refractivity contribution >= 4 is 11.6 Å². The fraction of sp³-hybridized carbons (Fsp3) is 0.333. The highest BCUT2D eigenvalue weighted by Crippen LogP contribution is 2.56. The van der Waals surface area contributed by atoms with Crippen LogP contribution in [0, 0.1) is 11.3 Å². The lowest BCUT2D eigenvalue weighted by molar-refractivity contribution is -0.119. The second kappa shape index (κ2) is 2.40. The topological polar surface area (TPSA) is 44.1 Å². The number of benzene rings is 1. The van der Waals surface area contributed by atoms with Gasteiger partial charge in [0.2, 0.25) is 5.91 Å². The number of amides is 1. The van der Waals surface area contributed by atoms with Gasteiger partial charge in [-0.15, -0.1) is 0 Å². The number of likely N-dealkylation sites (N-methyl/N-ethyl adjacent to an activating group) is 1. The van der Waals surface area contributed by atoms with Gasteiger partial charge in [0.05, 0.1) is 17.0 Å². The van der Waals surface area contributed by atoms with Crippen molar-refractivity contribution in [2.45, 2.75) is 18.3 Å². The summed E-state index contributed by atoms with van der Waals surface area (Å²) in [4.78, 5) is 13.7. The number of nitrogens with zero attached hydrogens (tertiary/aromatic N) is 2. The molecule has 3 nitrogen and oxygen atoms in total. The van der Waals surface area contributed by atoms with E-state index in [-0.39, 0.29) is 11.3 Å². The van der Waals surface area contributed by atoms with E-state index in [1.54, 1.807) is 18.0 Å². The molecular weight excluding hydrogens is 188 g/mol. The molecule has 1 amide bonds. The quantitative estimate of drug-likeness (QED) is 0.635. The maximum Gasteiger partial charge on any atom is 0.237 e. The van der Waals surface area contributed by atoms with Crippen LogP contribution in [0.2, 0.25) is 0 Å². The molecule has 15 heavy (non-hydrogen) atoms. The zero-order valence-corrected chi connectivity index (χ0v) is 8.45. The molecule has 0 bridgehead atoms. The molecule has 0 N–H and O–H groups in total. The van der Waals surface area contributed by atoms with Crippen LogP contribution in [0.4, 0.5) is 5.69 Å². The molecule has 1 aliphatic heterocycles. The molecule has 3 heteroatoms. The van der Waals surface area contributed by atoms with Crippen molar-refractivity contribution in [2.24, 2.45) is 0 Å². The number of fused-ring (bicyclic) bond motifs is 2. The monoisotopic (exact) mass is 198 g/mol. The molecule has 2 aliphatic rings. The van der Waals surface area contributed by atoms with E-state index in [0.717, 1.165) is 24.1 Å². The minimum atomic E-state index is -0.267. The fourth-order valence-electron chi connectivity index (χ4n) is 2.44. The Hall–Kier alpha value is -1.82. The highest BCUT2D eigenvalue weighted by atomic mass is 16.2. The molecular formula is C12H10N2O. The van der Waals surface area contributed by atoms with Crippen molar-refractivity contribution in [1.29, 1.82) is 5.26 Å². The Morgan fingerprint density at radius 3 is 2.80 bits per heavy atom. The average Bonchev–Trinajstić information content (AvgIpc) is 3.04. The normalized spacial score (nSPS) is 20.3. The van der Waals surface area contributed by atoms with Gasteiger partial charge in [-0.3, -0.25) is 4.79 Å². The molecule has 1 saturated carbocycles. The Labute approximate surface area is 87.9 Å². The van der Waals surface area contributed by atoms with Crippen molar-refractivity contribution in [3.8, 4) is 6.07 Å². The Morgan fingerprint density at radius 2 is 2.20 bits per heavy atom. The van der Waals surface area contributed by atoms with Gasteiger partial charge in [-0.1, -0.05) is 0 Å². The minimum Gasteiger partial charge on any atom is -0.314 e. The summed E-state index contributed by atoms with van der Waals surface area (Å²) in [5.41, 5.74) is 2.39. The standard InChI is InChI=1S/C12H10N2O/c1-14-10-3-2-8(7-13)6-9(10)12(4-5-12)11(14)15/h2-3,6H,4-5H2,1H3. The van der Waals surface area contributed by atoms with E-state index in [9.17, 15) is 4.79 Å². The molecule has 0 saturated heterocycles. The van der Waals surface area contributed by atoms with Gasteiger partial charge in [0.25, 0.3) is 0 Å². The highest BCUT2D eigenvalue weighted by Gasteiger charge is 2.58. The van der Waals surface area contributed by atoms with E-state index in [1.807, 2.05) is 12.1 Å². The highest BCUT2D eigenvalue weighted by molar-refractivity contribution is 6.09. The van der Waals surface area contributed by atoms with Crippen LogP contribution in [-0.2, 0) is 10.2 Å². The molecule has 0 unspecified atom stereocenters. The number of rotatable bonds is 0. The van der Waals surface area contributed by atoms with E-state index >= 15 is 0 Å². The first kappa shape index (κ1) is 8.49. The second-order valence-electron chi connectivity index (χ2n) is 4.29. The number of hydrogen-bond acceptors (Lipinski definition) is 2. The first-order valence-corrected chi connectivity index (χ1v) is 5.02. The van der Waals surface area contributed by atoms with E-state index in [2.05, 4.69) is 6.07 Å². The zero-order chi connectivity index (χ0) is 10.6. The van der Waals surface area contributed by atoms with Gasteiger partial charge in [0.15, 0.2) is 0 Å². The first-order valence-electron chi connectivity index (χ1n) is 5.02. The fourth-order valence-corrected chi connectivity index (χ4v) is 2.44. The Morgan fingerprint density at radius 1 is 1.47 bits per heavy atom. The molecule has 1 fully saturated rings. The number of nitriles is 1. The summed E-state index contributed by atoms with van der Waals surface area (Å²) in [6, 6.07) is 7.63. The predicted molar refractivity (Wildman–Crippen MR) is 55.5 cm³/mol. The smallest absolute Gasteiger partial charge is 0.237 e. The molecule has 74 valence electrons. The SMILES string of the molecule is CN1C(=O)C2(CC2)c2cc(C#N)ccc21. The molecule has 0 atom stereocenters. The van der Waals surface area contributed by atoms with Crippen LogP contribution in [0.1, 0.15) is 24.0 Å². The summed E-state index contributed by atoms with van der Waals surface area (Å²) < 4.78 is 0. The molecule has 1 aromatic carbocycles. The predicted octanol–water partition coefficient (Wildman–Crippen LogP) is 1.57. The maximum absolute atomic E-state index is 12.0. The zero-order valence-electron chi connectivity index (χ0n) is 8.45. The van der Waals surface area contributed by atoms with Crippen LogP contribution in [0.25, 0.3) is 0 Å². The average molecular weight is 198 g/mol. The van der Waals surface area contributed by atoms with Crippen LogP contribution in [0.5, 0.6) is 0 Å². The van der Waals surface area contributed by atoms with Gasteiger partial charge in [-0.25, -0.2) is 0 Å². The molecule has 1 aromatic rings. The van der Waals surface area contributed by atoms with Gasteiger partial charge in [-0.2, -0.15) is 5.26 Å². The van der Waals surface area contributed by atoms with Crippen molar-refractivity contribution in [1.82, 2.24) is 0 Å². The third-order valence-corrected chi connectivity index (χ3v) is 3.47. The summed E-state index contributed by atoms with van der Waals surface area (Å²) in [6.45, 7) is 0. The van der Waals surface area contributed by atoms with Gasteiger partial charge in [0.1, 0.15) is 0 Å². The molecule has 1 heterocycles. The van der Waals surface area contributed by atoms with Gasteiger partial charge in [-0.05, 0) is 36.6 Å². The lowest BCUT2D eigenvalue weighted by atomic mass is 9.96. The molecule has 1 aliphatic carbocycles. The Balaban J connectivity index is 2.25.